The standard InChI is InChI=1S/C15H18BrFO3/c16-11-7-10(3-4-12(11)17)13(18)8-15(9-14(19)20)5-1-2-6-15/h3-4,7,13,18H,1-2,5-6,8-9H2,(H,19,20). The molecule has 0 heterocycles. The zero-order valence-corrected chi connectivity index (χ0v) is 12.7. The second kappa shape index (κ2) is 6.22. The maximum Gasteiger partial charge on any atom is 0.303 e. The SMILES string of the molecule is O=C(O)CC1(CC(O)c2ccc(F)c(Br)c2)CCCC1. The predicted octanol–water partition coefficient (Wildman–Crippen LogP) is 4.05. The van der Waals surface area contributed by atoms with Gasteiger partial charge in [-0.3, -0.25) is 4.79 Å². The number of benzene rings is 1. The van der Waals surface area contributed by atoms with Crippen molar-refractivity contribution in [3.63, 3.8) is 0 Å². The van der Waals surface area contributed by atoms with Gasteiger partial charge in [0.15, 0.2) is 0 Å². The Balaban J connectivity index is 2.13. The molecule has 2 N–H and O–H groups in total. The van der Waals surface area contributed by atoms with Crippen LogP contribution in [0.5, 0.6) is 0 Å². The maximum atomic E-state index is 13.2. The summed E-state index contributed by atoms with van der Waals surface area (Å²) < 4.78 is 13.5. The zero-order valence-electron chi connectivity index (χ0n) is 11.1. The Hall–Kier alpha value is -0.940. The van der Waals surface area contributed by atoms with Crippen molar-refractivity contribution >= 4 is 21.9 Å². The van der Waals surface area contributed by atoms with Crippen LogP contribution >= 0.6 is 15.9 Å². The molecule has 1 atom stereocenters. The van der Waals surface area contributed by atoms with E-state index < -0.39 is 12.1 Å². The maximum absolute atomic E-state index is 13.2. The summed E-state index contributed by atoms with van der Waals surface area (Å²) in [5, 5.41) is 19.4. The average molecular weight is 345 g/mol. The van der Waals surface area contributed by atoms with Crippen LogP contribution in [0.15, 0.2) is 22.7 Å². The van der Waals surface area contributed by atoms with Crippen molar-refractivity contribution in [2.24, 2.45) is 5.41 Å². The van der Waals surface area contributed by atoms with Gasteiger partial charge in [-0.25, -0.2) is 4.39 Å². The number of carboxylic acid groups (broad SMARTS) is 1. The molecule has 0 amide bonds. The van der Waals surface area contributed by atoms with Crippen LogP contribution in [0.4, 0.5) is 4.39 Å². The average Bonchev–Trinajstić information content (AvgIpc) is 2.79. The van der Waals surface area contributed by atoms with Crippen molar-refractivity contribution in [2.45, 2.75) is 44.6 Å². The number of aliphatic hydroxyl groups excluding tert-OH is 1. The fraction of sp³-hybridized carbons (Fsp3) is 0.533. The summed E-state index contributed by atoms with van der Waals surface area (Å²) in [4.78, 5) is 11.0. The molecule has 3 nitrogen and oxygen atoms in total. The van der Waals surface area contributed by atoms with Crippen molar-refractivity contribution in [1.29, 1.82) is 0 Å². The number of carbonyl (C=O) groups is 1. The number of halogens is 2. The fourth-order valence-corrected chi connectivity index (χ4v) is 3.54. The minimum Gasteiger partial charge on any atom is -0.481 e. The lowest BCUT2D eigenvalue weighted by Crippen LogP contribution is -2.24. The highest BCUT2D eigenvalue weighted by molar-refractivity contribution is 9.10. The first kappa shape index (κ1) is 15.4. The number of aliphatic hydroxyl groups is 1. The van der Waals surface area contributed by atoms with Crippen molar-refractivity contribution < 1.29 is 19.4 Å². The Morgan fingerprint density at radius 3 is 2.60 bits per heavy atom. The van der Waals surface area contributed by atoms with Gasteiger partial charge in [-0.05, 0) is 58.3 Å². The van der Waals surface area contributed by atoms with E-state index in [1.807, 2.05) is 0 Å². The summed E-state index contributed by atoms with van der Waals surface area (Å²) in [7, 11) is 0. The van der Waals surface area contributed by atoms with E-state index in [0.717, 1.165) is 25.7 Å². The Bertz CT molecular complexity index is 498. The lowest BCUT2D eigenvalue weighted by atomic mass is 9.76. The molecule has 1 saturated carbocycles. The molecule has 0 bridgehead atoms. The van der Waals surface area contributed by atoms with Gasteiger partial charge in [0.05, 0.1) is 17.0 Å². The Labute approximate surface area is 125 Å². The van der Waals surface area contributed by atoms with Crippen molar-refractivity contribution in [3.05, 3.63) is 34.1 Å². The van der Waals surface area contributed by atoms with E-state index >= 15 is 0 Å². The number of carboxylic acids is 1. The Kier molecular flexibility index (Phi) is 4.81. The molecule has 0 spiro atoms. The van der Waals surface area contributed by atoms with Crippen LogP contribution in [0.3, 0.4) is 0 Å². The van der Waals surface area contributed by atoms with Crippen LogP contribution in [-0.2, 0) is 4.79 Å². The van der Waals surface area contributed by atoms with E-state index in [1.54, 1.807) is 12.1 Å². The van der Waals surface area contributed by atoms with Gasteiger partial charge in [-0.15, -0.1) is 0 Å². The van der Waals surface area contributed by atoms with E-state index in [0.29, 0.717) is 16.5 Å². The van der Waals surface area contributed by atoms with Crippen LogP contribution < -0.4 is 0 Å². The highest BCUT2D eigenvalue weighted by atomic mass is 79.9. The quantitative estimate of drug-likeness (QED) is 0.847. The van der Waals surface area contributed by atoms with E-state index in [4.69, 9.17) is 5.11 Å². The summed E-state index contributed by atoms with van der Waals surface area (Å²) in [6.45, 7) is 0. The molecule has 20 heavy (non-hydrogen) atoms. The van der Waals surface area contributed by atoms with E-state index in [2.05, 4.69) is 15.9 Å². The van der Waals surface area contributed by atoms with Crippen molar-refractivity contribution in [1.82, 2.24) is 0 Å². The molecule has 1 aliphatic carbocycles. The minimum atomic E-state index is -0.820. The second-order valence-electron chi connectivity index (χ2n) is 5.67. The van der Waals surface area contributed by atoms with Gasteiger partial charge in [0.25, 0.3) is 0 Å². The van der Waals surface area contributed by atoms with Gasteiger partial charge in [0, 0.05) is 0 Å². The van der Waals surface area contributed by atoms with Crippen LogP contribution in [-0.4, -0.2) is 16.2 Å². The summed E-state index contributed by atoms with van der Waals surface area (Å²) in [5.41, 5.74) is 0.293. The molecule has 1 aromatic carbocycles. The molecule has 5 heteroatoms. The zero-order chi connectivity index (χ0) is 14.8. The monoisotopic (exact) mass is 344 g/mol. The van der Waals surface area contributed by atoms with Gasteiger partial charge in [-0.1, -0.05) is 18.9 Å². The summed E-state index contributed by atoms with van der Waals surface area (Å²) >= 11 is 3.10. The van der Waals surface area contributed by atoms with Crippen molar-refractivity contribution in [3.8, 4) is 0 Å². The molecule has 2 rings (SSSR count). The van der Waals surface area contributed by atoms with E-state index in [9.17, 15) is 14.3 Å². The molecule has 0 saturated heterocycles. The lowest BCUT2D eigenvalue weighted by molar-refractivity contribution is -0.140. The first-order valence-electron chi connectivity index (χ1n) is 6.77. The number of hydrogen-bond donors (Lipinski definition) is 2. The first-order valence-corrected chi connectivity index (χ1v) is 7.56. The van der Waals surface area contributed by atoms with Crippen molar-refractivity contribution in [2.75, 3.05) is 0 Å². The molecule has 110 valence electrons. The lowest BCUT2D eigenvalue weighted by Gasteiger charge is -2.30. The third kappa shape index (κ3) is 3.58. The van der Waals surface area contributed by atoms with Crippen LogP contribution in [0.1, 0.15) is 50.2 Å². The van der Waals surface area contributed by atoms with Gasteiger partial charge in [0.1, 0.15) is 5.82 Å². The molecule has 0 radical (unpaired) electrons. The smallest absolute Gasteiger partial charge is 0.303 e. The highest BCUT2D eigenvalue weighted by Crippen LogP contribution is 2.47. The highest BCUT2D eigenvalue weighted by Gasteiger charge is 2.38. The van der Waals surface area contributed by atoms with E-state index in [-0.39, 0.29) is 17.7 Å². The molecule has 1 aromatic rings. The fourth-order valence-electron chi connectivity index (χ4n) is 3.15. The third-order valence-electron chi connectivity index (χ3n) is 4.15. The van der Waals surface area contributed by atoms with Crippen LogP contribution in [0.25, 0.3) is 0 Å². The summed E-state index contributed by atoms with van der Waals surface area (Å²) in [6.07, 6.45) is 3.42. The molecule has 1 unspecified atom stereocenters. The molecule has 0 aliphatic heterocycles. The second-order valence-corrected chi connectivity index (χ2v) is 6.53. The molecule has 1 fully saturated rings. The third-order valence-corrected chi connectivity index (χ3v) is 4.75. The van der Waals surface area contributed by atoms with Gasteiger partial charge in [0.2, 0.25) is 0 Å². The largest absolute Gasteiger partial charge is 0.481 e. The molecule has 0 aromatic heterocycles. The minimum absolute atomic E-state index is 0.0897. The van der Waals surface area contributed by atoms with E-state index in [1.165, 1.54) is 6.07 Å². The Morgan fingerprint density at radius 1 is 1.40 bits per heavy atom. The summed E-state index contributed by atoms with van der Waals surface area (Å²) in [6, 6.07) is 4.42. The normalized spacial score (nSPS) is 18.9. The molecular weight excluding hydrogens is 327 g/mol. The van der Waals surface area contributed by atoms with Crippen LogP contribution in [0.2, 0.25) is 0 Å². The van der Waals surface area contributed by atoms with Gasteiger partial charge < -0.3 is 10.2 Å². The van der Waals surface area contributed by atoms with Crippen LogP contribution in [0, 0.1) is 11.2 Å². The van der Waals surface area contributed by atoms with Gasteiger partial charge in [-0.2, -0.15) is 0 Å². The summed E-state index contributed by atoms with van der Waals surface area (Å²) in [5.74, 6) is -1.19. The van der Waals surface area contributed by atoms with Gasteiger partial charge >= 0.3 is 5.97 Å². The molecular formula is C15H18BrFO3. The molecule has 1 aliphatic rings. The number of rotatable bonds is 5. The Morgan fingerprint density at radius 2 is 2.05 bits per heavy atom. The topological polar surface area (TPSA) is 57.5 Å². The number of aliphatic carboxylic acids is 1. The number of hydrogen-bond acceptors (Lipinski definition) is 2. The predicted molar refractivity (Wildman–Crippen MR) is 76.8 cm³/mol. The first-order chi connectivity index (χ1) is 9.42.